The second-order valence-electron chi connectivity index (χ2n) is 4.10. The minimum Gasteiger partial charge on any atom is -0.355 e. The Balaban J connectivity index is 2.39. The Bertz CT molecular complexity index is 390. The lowest BCUT2D eigenvalue weighted by Gasteiger charge is -2.13. The molecule has 0 fully saturated rings. The molecule has 0 bridgehead atoms. The topological polar surface area (TPSA) is 41.1 Å². The van der Waals surface area contributed by atoms with Crippen LogP contribution in [0, 0.1) is 11.6 Å². The van der Waals surface area contributed by atoms with Crippen molar-refractivity contribution >= 4 is 5.91 Å². The Labute approximate surface area is 106 Å². The zero-order valence-corrected chi connectivity index (χ0v) is 10.6. The maximum absolute atomic E-state index is 12.9. The minimum absolute atomic E-state index is 0.0806. The third-order valence-corrected chi connectivity index (χ3v) is 2.53. The molecule has 2 N–H and O–H groups in total. The monoisotopic (exact) mass is 256 g/mol. The van der Waals surface area contributed by atoms with Crippen molar-refractivity contribution in [2.45, 2.75) is 26.3 Å². The molecular formula is C13H18F2N2O. The normalized spacial score (nSPS) is 12.2. The lowest BCUT2D eigenvalue weighted by molar-refractivity contribution is -0.122. The molecule has 0 radical (unpaired) electrons. The summed E-state index contributed by atoms with van der Waals surface area (Å²) in [5.41, 5.74) is 0.572. The second-order valence-corrected chi connectivity index (χ2v) is 4.10. The molecule has 5 heteroatoms. The highest BCUT2D eigenvalue weighted by Gasteiger charge is 2.10. The van der Waals surface area contributed by atoms with E-state index in [0.29, 0.717) is 25.1 Å². The van der Waals surface area contributed by atoms with E-state index in [1.54, 1.807) is 6.92 Å². The van der Waals surface area contributed by atoms with Gasteiger partial charge < -0.3 is 10.6 Å². The molecule has 0 aliphatic rings. The second kappa shape index (κ2) is 7.06. The Morgan fingerprint density at radius 3 is 2.44 bits per heavy atom. The summed E-state index contributed by atoms with van der Waals surface area (Å²) in [5, 5.41) is 5.69. The van der Waals surface area contributed by atoms with Crippen molar-refractivity contribution in [3.63, 3.8) is 0 Å². The maximum atomic E-state index is 12.9. The first-order valence-electron chi connectivity index (χ1n) is 5.99. The van der Waals surface area contributed by atoms with Crippen LogP contribution in [0.5, 0.6) is 0 Å². The molecule has 0 aliphatic heterocycles. The van der Waals surface area contributed by atoms with Gasteiger partial charge in [-0.25, -0.2) is 8.78 Å². The molecule has 1 aromatic carbocycles. The summed E-state index contributed by atoms with van der Waals surface area (Å²) in [7, 11) is 0. The Morgan fingerprint density at radius 2 is 1.89 bits per heavy atom. The fourth-order valence-corrected chi connectivity index (χ4v) is 1.61. The van der Waals surface area contributed by atoms with Crippen LogP contribution in [0.25, 0.3) is 0 Å². The first-order chi connectivity index (χ1) is 8.52. The van der Waals surface area contributed by atoms with E-state index in [2.05, 4.69) is 10.6 Å². The molecule has 0 aromatic heterocycles. The molecule has 0 saturated carbocycles. The van der Waals surface area contributed by atoms with Gasteiger partial charge in [-0.1, -0.05) is 0 Å². The van der Waals surface area contributed by atoms with E-state index in [-0.39, 0.29) is 11.9 Å². The number of hydrogen-bond acceptors (Lipinski definition) is 2. The first kappa shape index (κ1) is 14.6. The zero-order chi connectivity index (χ0) is 13.5. The Kier molecular flexibility index (Phi) is 5.71. The predicted octanol–water partition coefficient (Wildman–Crippen LogP) is 1.62. The lowest BCUT2D eigenvalue weighted by Crippen LogP contribution is -2.42. The molecule has 0 heterocycles. The van der Waals surface area contributed by atoms with Gasteiger partial charge in [-0.2, -0.15) is 0 Å². The smallest absolute Gasteiger partial charge is 0.236 e. The maximum Gasteiger partial charge on any atom is 0.236 e. The number of benzene rings is 1. The molecule has 1 atom stereocenters. The van der Waals surface area contributed by atoms with Crippen molar-refractivity contribution in [3.8, 4) is 0 Å². The molecule has 0 saturated heterocycles. The van der Waals surface area contributed by atoms with Gasteiger partial charge in [0.05, 0.1) is 6.04 Å². The van der Waals surface area contributed by atoms with E-state index in [9.17, 15) is 13.6 Å². The third-order valence-electron chi connectivity index (χ3n) is 2.53. The number of rotatable bonds is 6. The van der Waals surface area contributed by atoms with Gasteiger partial charge in [0.15, 0.2) is 0 Å². The van der Waals surface area contributed by atoms with Crippen molar-refractivity contribution in [1.29, 1.82) is 0 Å². The van der Waals surface area contributed by atoms with Crippen LogP contribution in [-0.4, -0.2) is 25.0 Å². The van der Waals surface area contributed by atoms with Crippen LogP contribution in [-0.2, 0) is 11.2 Å². The summed E-state index contributed by atoms with van der Waals surface area (Å²) < 4.78 is 25.8. The third kappa shape index (κ3) is 4.79. The van der Waals surface area contributed by atoms with Gasteiger partial charge in [-0.05, 0) is 44.5 Å². The lowest BCUT2D eigenvalue weighted by atomic mass is 10.1. The molecule has 0 aliphatic carbocycles. The van der Waals surface area contributed by atoms with Gasteiger partial charge in [-0.15, -0.1) is 0 Å². The average molecular weight is 256 g/mol. The van der Waals surface area contributed by atoms with Gasteiger partial charge in [0.1, 0.15) is 11.6 Å². The molecule has 0 spiro atoms. The summed E-state index contributed by atoms with van der Waals surface area (Å²) in [4.78, 5) is 11.4. The molecule has 3 nitrogen and oxygen atoms in total. The van der Waals surface area contributed by atoms with Gasteiger partial charge >= 0.3 is 0 Å². The van der Waals surface area contributed by atoms with Crippen molar-refractivity contribution < 1.29 is 13.6 Å². The summed E-state index contributed by atoms with van der Waals surface area (Å²) in [6.07, 6.45) is 0.471. The van der Waals surface area contributed by atoms with Crippen molar-refractivity contribution in [2.24, 2.45) is 0 Å². The largest absolute Gasteiger partial charge is 0.355 e. The number of carbonyl (C=O) groups is 1. The minimum atomic E-state index is -0.582. The molecule has 18 heavy (non-hydrogen) atoms. The van der Waals surface area contributed by atoms with E-state index in [4.69, 9.17) is 0 Å². The van der Waals surface area contributed by atoms with Gasteiger partial charge in [0.2, 0.25) is 5.91 Å². The fourth-order valence-electron chi connectivity index (χ4n) is 1.61. The molecule has 1 aromatic rings. The van der Waals surface area contributed by atoms with Crippen molar-refractivity contribution in [3.05, 3.63) is 35.4 Å². The van der Waals surface area contributed by atoms with Crippen LogP contribution in [0.15, 0.2) is 18.2 Å². The van der Waals surface area contributed by atoms with E-state index in [0.717, 1.165) is 6.07 Å². The van der Waals surface area contributed by atoms with Gasteiger partial charge in [0.25, 0.3) is 0 Å². The van der Waals surface area contributed by atoms with E-state index < -0.39 is 11.6 Å². The SMILES string of the molecule is CCNC(=O)C(C)NCCc1cc(F)cc(F)c1. The highest BCUT2D eigenvalue weighted by Crippen LogP contribution is 2.08. The van der Waals surface area contributed by atoms with Crippen LogP contribution >= 0.6 is 0 Å². The fraction of sp³-hybridized carbons (Fsp3) is 0.462. The summed E-state index contributed by atoms with van der Waals surface area (Å²) >= 11 is 0. The highest BCUT2D eigenvalue weighted by molar-refractivity contribution is 5.81. The number of hydrogen-bond donors (Lipinski definition) is 2. The van der Waals surface area contributed by atoms with Crippen LogP contribution in [0.3, 0.4) is 0 Å². The van der Waals surface area contributed by atoms with Crippen molar-refractivity contribution in [1.82, 2.24) is 10.6 Å². The molecule has 1 amide bonds. The van der Waals surface area contributed by atoms with Gasteiger partial charge in [-0.3, -0.25) is 4.79 Å². The predicted molar refractivity (Wildman–Crippen MR) is 66.2 cm³/mol. The molecular weight excluding hydrogens is 238 g/mol. The quantitative estimate of drug-likeness (QED) is 0.812. The van der Waals surface area contributed by atoms with Crippen LogP contribution in [0.1, 0.15) is 19.4 Å². The summed E-state index contributed by atoms with van der Waals surface area (Å²) in [6, 6.07) is 3.11. The Morgan fingerprint density at radius 1 is 1.28 bits per heavy atom. The van der Waals surface area contributed by atoms with E-state index in [1.807, 2.05) is 6.92 Å². The Hall–Kier alpha value is -1.49. The summed E-state index contributed by atoms with van der Waals surface area (Å²) in [6.45, 7) is 4.67. The molecule has 100 valence electrons. The number of halogens is 2. The number of carbonyl (C=O) groups excluding carboxylic acids is 1. The molecule has 1 rings (SSSR count). The average Bonchev–Trinajstić information content (AvgIpc) is 2.27. The summed E-state index contributed by atoms with van der Waals surface area (Å²) in [5.74, 6) is -1.24. The van der Waals surface area contributed by atoms with Crippen LogP contribution < -0.4 is 10.6 Å². The van der Waals surface area contributed by atoms with Crippen molar-refractivity contribution in [2.75, 3.05) is 13.1 Å². The van der Waals surface area contributed by atoms with Crippen LogP contribution in [0.2, 0.25) is 0 Å². The van der Waals surface area contributed by atoms with Gasteiger partial charge in [0, 0.05) is 12.6 Å². The molecule has 1 unspecified atom stereocenters. The zero-order valence-electron chi connectivity index (χ0n) is 10.6. The number of nitrogens with one attached hydrogen (secondary N) is 2. The van der Waals surface area contributed by atoms with Crippen LogP contribution in [0.4, 0.5) is 8.78 Å². The number of likely N-dealkylation sites (N-methyl/N-ethyl adjacent to an activating group) is 1. The standard InChI is InChI=1S/C13H18F2N2O/c1-3-16-13(18)9(2)17-5-4-10-6-11(14)8-12(15)7-10/h6-9,17H,3-5H2,1-2H3,(H,16,18). The number of amides is 1. The first-order valence-corrected chi connectivity index (χ1v) is 5.99. The van der Waals surface area contributed by atoms with E-state index >= 15 is 0 Å². The highest BCUT2D eigenvalue weighted by atomic mass is 19.1. The van der Waals surface area contributed by atoms with E-state index in [1.165, 1.54) is 12.1 Å².